The Kier molecular flexibility index (Phi) is 9.20. The molecule has 0 aromatic heterocycles. The van der Waals surface area contributed by atoms with Crippen molar-refractivity contribution in [2.75, 3.05) is 6.26 Å². The van der Waals surface area contributed by atoms with Gasteiger partial charge in [0.25, 0.3) is 0 Å². The van der Waals surface area contributed by atoms with Gasteiger partial charge in [0.15, 0.2) is 0 Å². The third kappa shape index (κ3) is 8.69. The highest BCUT2D eigenvalue weighted by Gasteiger charge is 2.05. The molecule has 0 aromatic carbocycles. The van der Waals surface area contributed by atoms with Gasteiger partial charge in [0.1, 0.15) is 5.78 Å². The van der Waals surface area contributed by atoms with E-state index >= 15 is 0 Å². The highest BCUT2D eigenvalue weighted by molar-refractivity contribution is 8.76. The van der Waals surface area contributed by atoms with Gasteiger partial charge in [-0.1, -0.05) is 34.9 Å². The predicted octanol–water partition coefficient (Wildman–Crippen LogP) is 3.93. The molecule has 0 saturated carbocycles. The molecule has 0 aromatic rings. The molecule has 78 valence electrons. The van der Waals surface area contributed by atoms with Crippen molar-refractivity contribution in [2.24, 2.45) is 0 Å². The topological polar surface area (TPSA) is 17.1 Å². The number of carbonyl (C=O) groups excluding carboxylic acids is 1. The summed E-state index contributed by atoms with van der Waals surface area (Å²) in [6.07, 6.45) is 7.66. The first kappa shape index (κ1) is 13.4. The minimum atomic E-state index is 0.325. The smallest absolute Gasteiger partial charge is 0.129 e. The summed E-state index contributed by atoms with van der Waals surface area (Å²) < 4.78 is 0. The Hall–Kier alpha value is 0.370. The molecular formula is C10H20OS2. The van der Waals surface area contributed by atoms with Gasteiger partial charge in [-0.2, -0.15) is 0 Å². The minimum Gasteiger partial charge on any atom is -0.300 e. The van der Waals surface area contributed by atoms with Gasteiger partial charge in [-0.3, -0.25) is 0 Å². The van der Waals surface area contributed by atoms with E-state index in [1.54, 1.807) is 6.92 Å². The molecule has 0 aliphatic carbocycles. The Morgan fingerprint density at radius 2 is 2.08 bits per heavy atom. The Morgan fingerprint density at radius 3 is 2.54 bits per heavy atom. The zero-order valence-corrected chi connectivity index (χ0v) is 10.5. The van der Waals surface area contributed by atoms with Gasteiger partial charge >= 0.3 is 0 Å². The monoisotopic (exact) mass is 220 g/mol. The van der Waals surface area contributed by atoms with Crippen LogP contribution in [-0.4, -0.2) is 17.3 Å². The lowest BCUT2D eigenvalue weighted by Gasteiger charge is -2.11. The van der Waals surface area contributed by atoms with Crippen LogP contribution in [0.4, 0.5) is 0 Å². The zero-order chi connectivity index (χ0) is 10.1. The Balaban J connectivity index is 3.32. The first-order valence-electron chi connectivity index (χ1n) is 4.89. The molecule has 0 spiro atoms. The fourth-order valence-corrected chi connectivity index (χ4v) is 3.39. The minimum absolute atomic E-state index is 0.325. The molecule has 0 saturated heterocycles. The first-order valence-corrected chi connectivity index (χ1v) is 7.51. The molecule has 0 amide bonds. The number of hydrogen-bond donors (Lipinski definition) is 0. The summed E-state index contributed by atoms with van der Waals surface area (Å²) in [5.41, 5.74) is 0. The van der Waals surface area contributed by atoms with Gasteiger partial charge in [-0.25, -0.2) is 0 Å². The van der Waals surface area contributed by atoms with Crippen molar-refractivity contribution in [2.45, 2.75) is 51.2 Å². The standard InChI is InChI=1S/C10H20OS2/c1-4-10(13-12-3)8-6-5-7-9(2)11/h10H,4-8H2,1-3H3/t10-/m1/s1. The summed E-state index contributed by atoms with van der Waals surface area (Å²) in [5.74, 6) is 0.325. The highest BCUT2D eigenvalue weighted by atomic mass is 33.1. The molecule has 13 heavy (non-hydrogen) atoms. The predicted molar refractivity (Wildman–Crippen MR) is 64.3 cm³/mol. The number of ketones is 1. The summed E-state index contributed by atoms with van der Waals surface area (Å²) in [7, 11) is 3.82. The van der Waals surface area contributed by atoms with Crippen molar-refractivity contribution in [1.82, 2.24) is 0 Å². The molecule has 0 aliphatic heterocycles. The molecule has 0 heterocycles. The number of hydrogen-bond acceptors (Lipinski definition) is 3. The van der Waals surface area contributed by atoms with Gasteiger partial charge in [0.2, 0.25) is 0 Å². The SMILES string of the molecule is CC[C@H](CCCCC(C)=O)SSC. The molecule has 1 atom stereocenters. The fraction of sp³-hybridized carbons (Fsp3) is 0.900. The van der Waals surface area contributed by atoms with E-state index < -0.39 is 0 Å². The van der Waals surface area contributed by atoms with Crippen LogP contribution in [0, 0.1) is 0 Å². The third-order valence-corrected chi connectivity index (χ3v) is 4.42. The second-order valence-corrected chi connectivity index (χ2v) is 6.01. The lowest BCUT2D eigenvalue weighted by Crippen LogP contribution is -1.99. The summed E-state index contributed by atoms with van der Waals surface area (Å²) >= 11 is 0. The molecule has 1 nitrogen and oxygen atoms in total. The van der Waals surface area contributed by atoms with Gasteiger partial charge in [-0.15, -0.1) is 0 Å². The van der Waals surface area contributed by atoms with Crippen molar-refractivity contribution in [1.29, 1.82) is 0 Å². The van der Waals surface area contributed by atoms with Crippen LogP contribution in [-0.2, 0) is 4.79 Å². The van der Waals surface area contributed by atoms with Crippen molar-refractivity contribution >= 4 is 27.4 Å². The van der Waals surface area contributed by atoms with Crippen molar-refractivity contribution < 1.29 is 4.79 Å². The van der Waals surface area contributed by atoms with E-state index in [0.717, 1.165) is 18.1 Å². The maximum absolute atomic E-state index is 10.7. The second kappa shape index (κ2) is 8.95. The molecule has 3 heteroatoms. The molecule has 0 N–H and O–H groups in total. The van der Waals surface area contributed by atoms with Gasteiger partial charge in [0, 0.05) is 11.7 Å². The van der Waals surface area contributed by atoms with E-state index in [-0.39, 0.29) is 0 Å². The average molecular weight is 220 g/mol. The van der Waals surface area contributed by atoms with Crippen LogP contribution >= 0.6 is 21.6 Å². The average Bonchev–Trinajstić information content (AvgIpc) is 2.10. The van der Waals surface area contributed by atoms with Crippen molar-refractivity contribution in [3.63, 3.8) is 0 Å². The quantitative estimate of drug-likeness (QED) is 0.456. The van der Waals surface area contributed by atoms with Crippen LogP contribution in [0.2, 0.25) is 0 Å². The van der Waals surface area contributed by atoms with Crippen LogP contribution in [0.25, 0.3) is 0 Å². The normalized spacial score (nSPS) is 12.8. The van der Waals surface area contributed by atoms with Gasteiger partial charge < -0.3 is 4.79 Å². The van der Waals surface area contributed by atoms with Crippen LogP contribution in [0.1, 0.15) is 46.0 Å². The van der Waals surface area contributed by atoms with Crippen LogP contribution in [0.15, 0.2) is 0 Å². The van der Waals surface area contributed by atoms with Gasteiger partial charge in [0.05, 0.1) is 0 Å². The molecule has 0 aliphatic rings. The van der Waals surface area contributed by atoms with E-state index in [0.29, 0.717) is 5.78 Å². The first-order chi connectivity index (χ1) is 6.20. The third-order valence-electron chi connectivity index (χ3n) is 1.99. The molecular weight excluding hydrogens is 200 g/mol. The fourth-order valence-electron chi connectivity index (χ4n) is 1.20. The lowest BCUT2D eigenvalue weighted by atomic mass is 10.1. The molecule has 0 rings (SSSR count). The van der Waals surface area contributed by atoms with Crippen LogP contribution < -0.4 is 0 Å². The van der Waals surface area contributed by atoms with E-state index in [1.165, 1.54) is 19.3 Å². The van der Waals surface area contributed by atoms with E-state index in [4.69, 9.17) is 0 Å². The Labute approximate surface area is 89.8 Å². The van der Waals surface area contributed by atoms with Crippen LogP contribution in [0.5, 0.6) is 0 Å². The molecule has 0 radical (unpaired) electrons. The lowest BCUT2D eigenvalue weighted by molar-refractivity contribution is -0.117. The highest BCUT2D eigenvalue weighted by Crippen LogP contribution is 2.29. The van der Waals surface area contributed by atoms with E-state index in [1.807, 2.05) is 21.6 Å². The Bertz CT molecular complexity index is 137. The summed E-state index contributed by atoms with van der Waals surface area (Å²) in [6, 6.07) is 0. The number of Topliss-reactive ketones (excluding diaryl/α,β-unsaturated/α-hetero) is 1. The van der Waals surface area contributed by atoms with E-state index in [2.05, 4.69) is 13.2 Å². The van der Waals surface area contributed by atoms with Crippen LogP contribution in [0.3, 0.4) is 0 Å². The largest absolute Gasteiger partial charge is 0.300 e. The molecule has 0 fully saturated rings. The van der Waals surface area contributed by atoms with Crippen molar-refractivity contribution in [3.05, 3.63) is 0 Å². The summed E-state index contributed by atoms with van der Waals surface area (Å²) in [5, 5.41) is 0.780. The number of carbonyl (C=O) groups is 1. The van der Waals surface area contributed by atoms with E-state index in [9.17, 15) is 4.79 Å². The Morgan fingerprint density at radius 1 is 1.38 bits per heavy atom. The maximum Gasteiger partial charge on any atom is 0.129 e. The zero-order valence-electron chi connectivity index (χ0n) is 8.84. The molecule has 0 unspecified atom stereocenters. The van der Waals surface area contributed by atoms with Crippen molar-refractivity contribution in [3.8, 4) is 0 Å². The second-order valence-electron chi connectivity index (χ2n) is 3.24. The van der Waals surface area contributed by atoms with Gasteiger partial charge in [-0.05, 0) is 32.4 Å². The maximum atomic E-state index is 10.7. The summed E-state index contributed by atoms with van der Waals surface area (Å²) in [4.78, 5) is 10.7. The molecule has 0 bridgehead atoms. The number of unbranched alkanes of at least 4 members (excludes halogenated alkanes) is 1. The number of rotatable bonds is 8. The summed E-state index contributed by atoms with van der Waals surface area (Å²) in [6.45, 7) is 3.91.